The first-order valence-corrected chi connectivity index (χ1v) is 4.35. The van der Waals surface area contributed by atoms with Gasteiger partial charge in [-0.25, -0.2) is 0 Å². The number of hydrogen-bond acceptors (Lipinski definition) is 4. The summed E-state index contributed by atoms with van der Waals surface area (Å²) in [4.78, 5) is 10.2. The van der Waals surface area contributed by atoms with Crippen molar-refractivity contribution in [3.8, 4) is 11.8 Å². The number of nitrogens with zero attached hydrogens (tertiary/aromatic N) is 1. The number of aldehydes is 1. The van der Waals surface area contributed by atoms with E-state index < -0.39 is 0 Å². The number of carbonyl (C=O) groups excluding carboxylic acids is 1. The van der Waals surface area contributed by atoms with Crippen LogP contribution in [0.2, 0.25) is 0 Å². The number of hydrogen-bond donors (Lipinski definition) is 0. The SMILES string of the molecule is N#Cc1oc2ccccc2c1OCC=O. The Morgan fingerprint density at radius 1 is 1.47 bits per heavy atom. The summed E-state index contributed by atoms with van der Waals surface area (Å²) in [6, 6.07) is 9.02. The molecule has 0 amide bonds. The number of fused-ring (bicyclic) bond motifs is 1. The number of para-hydroxylation sites is 1. The Balaban J connectivity index is 2.57. The second-order valence-corrected chi connectivity index (χ2v) is 2.85. The molecule has 0 aliphatic carbocycles. The van der Waals surface area contributed by atoms with Gasteiger partial charge in [0.25, 0.3) is 0 Å². The highest BCUT2D eigenvalue weighted by Crippen LogP contribution is 2.32. The minimum atomic E-state index is -0.0851. The molecule has 15 heavy (non-hydrogen) atoms. The number of nitriles is 1. The van der Waals surface area contributed by atoms with Gasteiger partial charge < -0.3 is 9.15 Å². The molecule has 0 saturated carbocycles. The van der Waals surface area contributed by atoms with Gasteiger partial charge in [-0.15, -0.1) is 0 Å². The van der Waals surface area contributed by atoms with Crippen LogP contribution in [0.15, 0.2) is 28.7 Å². The van der Waals surface area contributed by atoms with Crippen molar-refractivity contribution in [3.63, 3.8) is 0 Å². The molecule has 0 aliphatic rings. The van der Waals surface area contributed by atoms with E-state index in [1.165, 1.54) is 0 Å². The van der Waals surface area contributed by atoms with Crippen molar-refractivity contribution in [2.45, 2.75) is 0 Å². The van der Waals surface area contributed by atoms with E-state index in [0.717, 1.165) is 0 Å². The predicted molar refractivity (Wildman–Crippen MR) is 52.5 cm³/mol. The maximum atomic E-state index is 10.2. The quantitative estimate of drug-likeness (QED) is 0.711. The molecule has 0 N–H and O–H groups in total. The first-order chi connectivity index (χ1) is 7.36. The second kappa shape index (κ2) is 3.84. The molecule has 0 aliphatic heterocycles. The largest absolute Gasteiger partial charge is 0.481 e. The van der Waals surface area contributed by atoms with Gasteiger partial charge in [0.15, 0.2) is 12.0 Å². The molecule has 4 nitrogen and oxygen atoms in total. The summed E-state index contributed by atoms with van der Waals surface area (Å²) < 4.78 is 10.4. The zero-order valence-corrected chi connectivity index (χ0v) is 7.77. The average molecular weight is 201 g/mol. The van der Waals surface area contributed by atoms with E-state index >= 15 is 0 Å². The maximum absolute atomic E-state index is 10.2. The fourth-order valence-corrected chi connectivity index (χ4v) is 1.36. The first-order valence-electron chi connectivity index (χ1n) is 4.35. The van der Waals surface area contributed by atoms with E-state index in [4.69, 9.17) is 14.4 Å². The van der Waals surface area contributed by atoms with Crippen LogP contribution >= 0.6 is 0 Å². The van der Waals surface area contributed by atoms with Crippen molar-refractivity contribution in [2.75, 3.05) is 6.61 Å². The third-order valence-corrected chi connectivity index (χ3v) is 1.95. The smallest absolute Gasteiger partial charge is 0.246 e. The Hall–Kier alpha value is -2.28. The highest BCUT2D eigenvalue weighted by Gasteiger charge is 2.14. The molecule has 4 heteroatoms. The number of benzene rings is 1. The summed E-state index contributed by atoms with van der Waals surface area (Å²) >= 11 is 0. The fraction of sp³-hybridized carbons (Fsp3) is 0.0909. The summed E-state index contributed by atoms with van der Waals surface area (Å²) in [6.07, 6.45) is 0.628. The van der Waals surface area contributed by atoms with Crippen LogP contribution in [-0.4, -0.2) is 12.9 Å². The monoisotopic (exact) mass is 201 g/mol. The van der Waals surface area contributed by atoms with E-state index in [2.05, 4.69) is 0 Å². The number of rotatable bonds is 3. The van der Waals surface area contributed by atoms with E-state index in [1.807, 2.05) is 12.1 Å². The lowest BCUT2D eigenvalue weighted by atomic mass is 10.2. The molecule has 0 saturated heterocycles. The van der Waals surface area contributed by atoms with Crippen LogP contribution in [-0.2, 0) is 4.79 Å². The lowest BCUT2D eigenvalue weighted by molar-refractivity contribution is -0.109. The second-order valence-electron chi connectivity index (χ2n) is 2.85. The lowest BCUT2D eigenvalue weighted by Gasteiger charge is -1.97. The third-order valence-electron chi connectivity index (χ3n) is 1.95. The summed E-state index contributed by atoms with van der Waals surface area (Å²) in [7, 11) is 0. The van der Waals surface area contributed by atoms with Gasteiger partial charge in [0.2, 0.25) is 5.76 Å². The Kier molecular flexibility index (Phi) is 2.38. The molecule has 74 valence electrons. The number of carbonyl (C=O) groups is 1. The van der Waals surface area contributed by atoms with Crippen molar-refractivity contribution in [1.29, 1.82) is 5.26 Å². The molecule has 0 bridgehead atoms. The van der Waals surface area contributed by atoms with Crippen LogP contribution in [0.1, 0.15) is 5.76 Å². The summed E-state index contributed by atoms with van der Waals surface area (Å²) in [5.41, 5.74) is 0.579. The molecular formula is C11H7NO3. The summed E-state index contributed by atoms with van der Waals surface area (Å²) in [5.74, 6) is 0.429. The molecule has 2 aromatic rings. The van der Waals surface area contributed by atoms with Crippen LogP contribution in [0.5, 0.6) is 5.75 Å². The van der Waals surface area contributed by atoms with E-state index in [-0.39, 0.29) is 12.4 Å². The van der Waals surface area contributed by atoms with Gasteiger partial charge in [-0.1, -0.05) is 12.1 Å². The van der Waals surface area contributed by atoms with E-state index in [9.17, 15) is 4.79 Å². The zero-order valence-electron chi connectivity index (χ0n) is 7.77. The lowest BCUT2D eigenvalue weighted by Crippen LogP contribution is -1.97. The zero-order chi connectivity index (χ0) is 10.7. The van der Waals surface area contributed by atoms with Gasteiger partial charge in [-0.05, 0) is 12.1 Å². The molecular weight excluding hydrogens is 194 g/mol. The molecule has 0 atom stereocenters. The summed E-state index contributed by atoms with van der Waals surface area (Å²) in [5, 5.41) is 9.51. The number of ether oxygens (including phenoxy) is 1. The van der Waals surface area contributed by atoms with Gasteiger partial charge in [-0.3, -0.25) is 4.79 Å². The summed E-state index contributed by atoms with van der Waals surface area (Å²) in [6.45, 7) is -0.0851. The van der Waals surface area contributed by atoms with Crippen LogP contribution in [0, 0.1) is 11.3 Å². The minimum Gasteiger partial charge on any atom is -0.481 e. The Labute approximate surface area is 85.7 Å². The van der Waals surface area contributed by atoms with Gasteiger partial charge in [0.1, 0.15) is 18.3 Å². The molecule has 0 spiro atoms. The van der Waals surface area contributed by atoms with Gasteiger partial charge in [0, 0.05) is 0 Å². The first kappa shape index (κ1) is 9.28. The van der Waals surface area contributed by atoms with Crippen molar-refractivity contribution in [2.24, 2.45) is 0 Å². The van der Waals surface area contributed by atoms with Crippen LogP contribution in [0.4, 0.5) is 0 Å². The molecule has 0 fully saturated rings. The fourth-order valence-electron chi connectivity index (χ4n) is 1.36. The molecule has 2 rings (SSSR count). The van der Waals surface area contributed by atoms with E-state index in [0.29, 0.717) is 23.0 Å². The predicted octanol–water partition coefficient (Wildman–Crippen LogP) is 1.88. The van der Waals surface area contributed by atoms with Gasteiger partial charge in [0.05, 0.1) is 5.39 Å². The topological polar surface area (TPSA) is 63.2 Å². The Bertz CT molecular complexity index is 536. The Morgan fingerprint density at radius 3 is 3.00 bits per heavy atom. The highest BCUT2D eigenvalue weighted by atomic mass is 16.5. The Morgan fingerprint density at radius 2 is 2.27 bits per heavy atom. The van der Waals surface area contributed by atoms with Crippen molar-refractivity contribution < 1.29 is 13.9 Å². The standard InChI is InChI=1S/C11H7NO3/c12-7-10-11(14-6-5-13)8-3-1-2-4-9(8)15-10/h1-5H,6H2. The van der Waals surface area contributed by atoms with E-state index in [1.54, 1.807) is 18.2 Å². The van der Waals surface area contributed by atoms with Crippen LogP contribution < -0.4 is 4.74 Å². The van der Waals surface area contributed by atoms with Gasteiger partial charge in [-0.2, -0.15) is 5.26 Å². The van der Waals surface area contributed by atoms with Crippen LogP contribution in [0.3, 0.4) is 0 Å². The molecule has 0 radical (unpaired) electrons. The number of furan rings is 1. The van der Waals surface area contributed by atoms with Crippen molar-refractivity contribution in [3.05, 3.63) is 30.0 Å². The molecule has 1 aromatic heterocycles. The van der Waals surface area contributed by atoms with Crippen LogP contribution in [0.25, 0.3) is 11.0 Å². The maximum Gasteiger partial charge on any atom is 0.246 e. The third kappa shape index (κ3) is 1.55. The average Bonchev–Trinajstić information content (AvgIpc) is 2.64. The van der Waals surface area contributed by atoms with Gasteiger partial charge >= 0.3 is 0 Å². The molecule has 1 heterocycles. The molecule has 1 aromatic carbocycles. The highest BCUT2D eigenvalue weighted by molar-refractivity contribution is 5.86. The molecule has 0 unspecified atom stereocenters. The minimum absolute atomic E-state index is 0.0851. The normalized spacial score (nSPS) is 9.80. The van der Waals surface area contributed by atoms with Crippen molar-refractivity contribution >= 4 is 17.3 Å². The van der Waals surface area contributed by atoms with Crippen molar-refractivity contribution in [1.82, 2.24) is 0 Å².